The van der Waals surface area contributed by atoms with Gasteiger partial charge < -0.3 is 15.0 Å². The summed E-state index contributed by atoms with van der Waals surface area (Å²) in [5.41, 5.74) is 4.88. The normalized spacial score (nSPS) is 15.7. The maximum absolute atomic E-state index is 12.8. The third-order valence-corrected chi connectivity index (χ3v) is 6.04. The number of anilines is 2. The van der Waals surface area contributed by atoms with E-state index in [0.29, 0.717) is 23.9 Å². The summed E-state index contributed by atoms with van der Waals surface area (Å²) in [4.78, 5) is 27.1. The number of para-hydroxylation sites is 1. The van der Waals surface area contributed by atoms with Gasteiger partial charge in [0.15, 0.2) is 0 Å². The van der Waals surface area contributed by atoms with Crippen molar-refractivity contribution < 1.29 is 14.3 Å². The number of ether oxygens (including phenoxy) is 1. The second-order valence-corrected chi connectivity index (χ2v) is 9.00. The van der Waals surface area contributed by atoms with Gasteiger partial charge in [-0.1, -0.05) is 44.2 Å². The lowest BCUT2D eigenvalue weighted by Gasteiger charge is -2.19. The largest absolute Gasteiger partial charge is 0.457 e. The van der Waals surface area contributed by atoms with Gasteiger partial charge in [0.1, 0.15) is 11.5 Å². The summed E-state index contributed by atoms with van der Waals surface area (Å²) < 4.78 is 6.14. The Labute approximate surface area is 195 Å². The van der Waals surface area contributed by atoms with E-state index in [0.717, 1.165) is 28.1 Å². The van der Waals surface area contributed by atoms with Gasteiger partial charge in [0.05, 0.1) is 5.92 Å². The van der Waals surface area contributed by atoms with E-state index in [1.54, 1.807) is 4.90 Å². The molecule has 5 nitrogen and oxygen atoms in total. The van der Waals surface area contributed by atoms with Crippen molar-refractivity contribution in [2.75, 3.05) is 16.8 Å². The Morgan fingerprint density at radius 3 is 2.45 bits per heavy atom. The lowest BCUT2D eigenvalue weighted by atomic mass is 10.0. The fraction of sp³-hybridized carbons (Fsp3) is 0.286. The molecule has 0 saturated carbocycles. The molecule has 0 unspecified atom stereocenters. The number of nitrogens with one attached hydrogen (secondary N) is 1. The van der Waals surface area contributed by atoms with Crippen LogP contribution in [0.5, 0.6) is 11.5 Å². The van der Waals surface area contributed by atoms with E-state index in [2.05, 4.69) is 31.3 Å². The summed E-state index contributed by atoms with van der Waals surface area (Å²) >= 11 is 0. The summed E-state index contributed by atoms with van der Waals surface area (Å²) in [5.74, 6) is 1.37. The molecule has 4 rings (SSSR count). The number of rotatable bonds is 6. The molecule has 1 fully saturated rings. The predicted octanol–water partition coefficient (Wildman–Crippen LogP) is 6.21. The van der Waals surface area contributed by atoms with Crippen LogP contribution >= 0.6 is 0 Å². The van der Waals surface area contributed by atoms with Gasteiger partial charge in [-0.05, 0) is 72.9 Å². The van der Waals surface area contributed by atoms with Gasteiger partial charge in [-0.2, -0.15) is 0 Å². The number of hydrogen-bond acceptors (Lipinski definition) is 3. The molecular weight excluding hydrogens is 412 g/mol. The molecule has 0 bridgehead atoms. The molecule has 1 aliphatic heterocycles. The van der Waals surface area contributed by atoms with Crippen molar-refractivity contribution in [2.24, 2.45) is 5.92 Å². The molecule has 3 aromatic rings. The fourth-order valence-corrected chi connectivity index (χ4v) is 4.17. The molecule has 1 atom stereocenters. The van der Waals surface area contributed by atoms with Crippen LogP contribution in [-0.2, 0) is 9.59 Å². The number of hydrogen-bond donors (Lipinski definition) is 1. The van der Waals surface area contributed by atoms with Crippen LogP contribution in [-0.4, -0.2) is 18.4 Å². The van der Waals surface area contributed by atoms with Crippen LogP contribution in [0.1, 0.15) is 42.9 Å². The van der Waals surface area contributed by atoms with Crippen molar-refractivity contribution in [3.63, 3.8) is 0 Å². The molecule has 0 spiro atoms. The highest BCUT2D eigenvalue weighted by Crippen LogP contribution is 2.32. The van der Waals surface area contributed by atoms with Crippen molar-refractivity contribution in [2.45, 2.75) is 40.0 Å². The quantitative estimate of drug-likeness (QED) is 0.494. The molecule has 1 saturated heterocycles. The maximum Gasteiger partial charge on any atom is 0.229 e. The van der Waals surface area contributed by atoms with E-state index >= 15 is 0 Å². The molecule has 0 radical (unpaired) electrons. The van der Waals surface area contributed by atoms with Gasteiger partial charge in [0.25, 0.3) is 0 Å². The number of benzene rings is 3. The minimum Gasteiger partial charge on any atom is -0.457 e. The molecule has 0 aromatic heterocycles. The van der Waals surface area contributed by atoms with E-state index in [1.807, 2.05) is 68.4 Å². The molecule has 1 aliphatic rings. The monoisotopic (exact) mass is 442 g/mol. The highest BCUT2D eigenvalue weighted by Gasteiger charge is 2.35. The van der Waals surface area contributed by atoms with Crippen molar-refractivity contribution in [3.05, 3.63) is 83.4 Å². The summed E-state index contributed by atoms with van der Waals surface area (Å²) in [6, 6.07) is 21.3. The predicted molar refractivity (Wildman–Crippen MR) is 132 cm³/mol. The number of amides is 2. The third kappa shape index (κ3) is 5.08. The molecule has 0 aliphatic carbocycles. The summed E-state index contributed by atoms with van der Waals surface area (Å²) in [6.45, 7) is 8.69. The second-order valence-electron chi connectivity index (χ2n) is 9.00. The van der Waals surface area contributed by atoms with Gasteiger partial charge in [-0.3, -0.25) is 9.59 Å². The van der Waals surface area contributed by atoms with Crippen LogP contribution in [0.4, 0.5) is 11.4 Å². The number of carbonyl (C=O) groups is 2. The van der Waals surface area contributed by atoms with E-state index < -0.39 is 0 Å². The minimum absolute atomic E-state index is 0.0210. The van der Waals surface area contributed by atoms with Crippen LogP contribution < -0.4 is 15.0 Å². The zero-order valence-corrected chi connectivity index (χ0v) is 19.6. The molecule has 2 amide bonds. The van der Waals surface area contributed by atoms with Crippen LogP contribution in [0, 0.1) is 19.8 Å². The SMILES string of the molecule is Cc1ccc(C(C)C)c(Oc2ccc(NC(=O)[C@H]3CC(=O)N(c4ccccc4C)C3)cc2)c1. The Morgan fingerprint density at radius 1 is 1.03 bits per heavy atom. The Hall–Kier alpha value is -3.60. The van der Waals surface area contributed by atoms with Crippen LogP contribution in [0.3, 0.4) is 0 Å². The standard InChI is InChI=1S/C28H30N2O3/c1-18(2)24-14-9-19(3)15-26(24)33-23-12-10-22(11-13-23)29-28(32)21-16-27(31)30(17-21)25-8-6-5-7-20(25)4/h5-15,18,21H,16-17H2,1-4H3,(H,29,32)/t21-/m0/s1. The summed E-state index contributed by atoms with van der Waals surface area (Å²) in [5, 5.41) is 2.95. The van der Waals surface area contributed by atoms with Gasteiger partial charge >= 0.3 is 0 Å². The molecule has 1 N–H and O–H groups in total. The van der Waals surface area contributed by atoms with Crippen LogP contribution in [0.2, 0.25) is 0 Å². The smallest absolute Gasteiger partial charge is 0.229 e. The van der Waals surface area contributed by atoms with Gasteiger partial charge in [-0.15, -0.1) is 0 Å². The second kappa shape index (κ2) is 9.49. The molecule has 33 heavy (non-hydrogen) atoms. The van der Waals surface area contributed by atoms with E-state index in [1.165, 1.54) is 0 Å². The first-order valence-corrected chi connectivity index (χ1v) is 11.4. The van der Waals surface area contributed by atoms with Crippen molar-refractivity contribution in [1.29, 1.82) is 0 Å². The number of aryl methyl sites for hydroxylation is 2. The van der Waals surface area contributed by atoms with E-state index in [4.69, 9.17) is 4.74 Å². The Balaban J connectivity index is 1.41. The van der Waals surface area contributed by atoms with Crippen molar-refractivity contribution in [1.82, 2.24) is 0 Å². The first kappa shape index (κ1) is 22.6. The Morgan fingerprint density at radius 2 is 1.76 bits per heavy atom. The molecule has 170 valence electrons. The summed E-state index contributed by atoms with van der Waals surface area (Å²) in [6.07, 6.45) is 0.215. The lowest BCUT2D eigenvalue weighted by Crippen LogP contribution is -2.28. The molecular formula is C28H30N2O3. The first-order chi connectivity index (χ1) is 15.8. The van der Waals surface area contributed by atoms with Crippen molar-refractivity contribution in [3.8, 4) is 11.5 Å². The highest BCUT2D eigenvalue weighted by atomic mass is 16.5. The van der Waals surface area contributed by atoms with Gasteiger partial charge in [-0.25, -0.2) is 0 Å². The van der Waals surface area contributed by atoms with Gasteiger partial charge in [0, 0.05) is 24.3 Å². The Kier molecular flexibility index (Phi) is 6.50. The lowest BCUT2D eigenvalue weighted by molar-refractivity contribution is -0.122. The highest BCUT2D eigenvalue weighted by molar-refractivity contribution is 6.03. The zero-order valence-electron chi connectivity index (χ0n) is 19.6. The zero-order chi connectivity index (χ0) is 23.5. The topological polar surface area (TPSA) is 58.6 Å². The maximum atomic E-state index is 12.8. The van der Waals surface area contributed by atoms with Crippen molar-refractivity contribution >= 4 is 23.2 Å². The van der Waals surface area contributed by atoms with Gasteiger partial charge in [0.2, 0.25) is 11.8 Å². The molecule has 5 heteroatoms. The average molecular weight is 443 g/mol. The number of carbonyl (C=O) groups excluding carboxylic acids is 2. The summed E-state index contributed by atoms with van der Waals surface area (Å²) in [7, 11) is 0. The van der Waals surface area contributed by atoms with E-state index in [9.17, 15) is 9.59 Å². The van der Waals surface area contributed by atoms with E-state index in [-0.39, 0.29) is 24.2 Å². The first-order valence-electron chi connectivity index (χ1n) is 11.4. The minimum atomic E-state index is -0.381. The fourth-order valence-electron chi connectivity index (χ4n) is 4.17. The molecule has 1 heterocycles. The third-order valence-electron chi connectivity index (χ3n) is 6.04. The van der Waals surface area contributed by atoms with Crippen LogP contribution in [0.15, 0.2) is 66.7 Å². The average Bonchev–Trinajstić information content (AvgIpc) is 3.17. The Bertz CT molecular complexity index is 1170. The number of nitrogens with zero attached hydrogens (tertiary/aromatic N) is 1. The molecule has 3 aromatic carbocycles. The van der Waals surface area contributed by atoms with Crippen LogP contribution in [0.25, 0.3) is 0 Å².